The molecular weight excluding hydrogens is 391 g/mol. The average molecular weight is 414 g/mol. The van der Waals surface area contributed by atoms with Gasteiger partial charge in [0.15, 0.2) is 0 Å². The first kappa shape index (κ1) is 21.2. The van der Waals surface area contributed by atoms with Crippen molar-refractivity contribution in [1.82, 2.24) is 19.6 Å². The largest absolute Gasteiger partial charge is 0.321 e. The molecule has 1 N–H and O–H groups in total. The van der Waals surface area contributed by atoms with E-state index in [4.69, 9.17) is 0 Å². The molecule has 0 saturated heterocycles. The molecule has 0 bridgehead atoms. The van der Waals surface area contributed by atoms with Gasteiger partial charge in [0.25, 0.3) is 0 Å². The number of carbonyl (C=O) groups is 1. The van der Waals surface area contributed by atoms with E-state index in [1.165, 1.54) is 17.7 Å². The summed E-state index contributed by atoms with van der Waals surface area (Å²) in [5, 5.41) is 22.6. The first-order valence-electron chi connectivity index (χ1n) is 9.40. The molecule has 10 heteroatoms. The monoisotopic (exact) mass is 414 g/mol. The Labute approximate surface area is 172 Å². The lowest BCUT2D eigenvalue weighted by molar-refractivity contribution is -0.386. The van der Waals surface area contributed by atoms with E-state index in [0.29, 0.717) is 28.3 Å². The second-order valence-corrected chi connectivity index (χ2v) is 7.18. The summed E-state index contributed by atoms with van der Waals surface area (Å²) in [6.07, 6.45) is 0. The quantitative estimate of drug-likeness (QED) is 0.490. The number of anilines is 1. The van der Waals surface area contributed by atoms with Crippen molar-refractivity contribution >= 4 is 17.3 Å². The van der Waals surface area contributed by atoms with Gasteiger partial charge in [0.05, 0.1) is 28.5 Å². The predicted octanol–water partition coefficient (Wildman–Crippen LogP) is 3.61. The van der Waals surface area contributed by atoms with E-state index in [1.807, 2.05) is 0 Å². The smallest absolute Gasteiger partial charge is 0.312 e. The van der Waals surface area contributed by atoms with Crippen molar-refractivity contribution in [2.75, 3.05) is 5.32 Å². The molecule has 0 saturated carbocycles. The topological polar surface area (TPSA) is 108 Å². The SMILES string of the molecule is Cc1nn(Cc2ccccc2F)c(C)c1NC(=O)C(C)n1nc(C)c([N+](=O)[O-])c1C. The molecule has 1 aromatic carbocycles. The zero-order valence-electron chi connectivity index (χ0n) is 17.4. The Morgan fingerprint density at radius 2 is 1.83 bits per heavy atom. The molecule has 0 aliphatic heterocycles. The molecule has 0 fully saturated rings. The molecule has 0 aliphatic carbocycles. The van der Waals surface area contributed by atoms with Crippen molar-refractivity contribution in [2.45, 2.75) is 47.2 Å². The number of amides is 1. The van der Waals surface area contributed by atoms with E-state index >= 15 is 0 Å². The number of nitrogens with zero attached hydrogens (tertiary/aromatic N) is 5. The molecule has 0 aliphatic rings. The molecule has 3 rings (SSSR count). The fourth-order valence-corrected chi connectivity index (χ4v) is 3.45. The van der Waals surface area contributed by atoms with Crippen molar-refractivity contribution in [3.05, 3.63) is 68.5 Å². The van der Waals surface area contributed by atoms with E-state index in [0.717, 1.165) is 0 Å². The van der Waals surface area contributed by atoms with Gasteiger partial charge in [0.2, 0.25) is 5.91 Å². The fraction of sp³-hybridized carbons (Fsp3) is 0.350. The van der Waals surface area contributed by atoms with Crippen LogP contribution in [0, 0.1) is 43.6 Å². The highest BCUT2D eigenvalue weighted by Gasteiger charge is 2.28. The van der Waals surface area contributed by atoms with Crippen LogP contribution in [0.15, 0.2) is 24.3 Å². The maximum atomic E-state index is 14.0. The van der Waals surface area contributed by atoms with Crippen molar-refractivity contribution in [3.8, 4) is 0 Å². The highest BCUT2D eigenvalue weighted by atomic mass is 19.1. The molecule has 1 unspecified atom stereocenters. The zero-order chi connectivity index (χ0) is 22.2. The third-order valence-corrected chi connectivity index (χ3v) is 5.12. The van der Waals surface area contributed by atoms with Gasteiger partial charge >= 0.3 is 5.69 Å². The second kappa shape index (κ2) is 8.05. The van der Waals surface area contributed by atoms with Crippen molar-refractivity contribution < 1.29 is 14.1 Å². The number of hydrogen-bond acceptors (Lipinski definition) is 5. The number of nitrogens with one attached hydrogen (secondary N) is 1. The second-order valence-electron chi connectivity index (χ2n) is 7.18. The van der Waals surface area contributed by atoms with Gasteiger partial charge in [0, 0.05) is 5.56 Å². The van der Waals surface area contributed by atoms with E-state index in [9.17, 15) is 19.3 Å². The Hall–Kier alpha value is -3.56. The Balaban J connectivity index is 1.84. The number of hydrogen-bond donors (Lipinski definition) is 1. The number of rotatable bonds is 6. The van der Waals surface area contributed by atoms with Crippen LogP contribution in [0.5, 0.6) is 0 Å². The lowest BCUT2D eigenvalue weighted by Gasteiger charge is -2.14. The molecular formula is C20H23FN6O3. The van der Waals surface area contributed by atoms with Gasteiger partial charge in [-0.05, 0) is 40.7 Å². The molecule has 0 spiro atoms. The molecule has 158 valence electrons. The highest BCUT2D eigenvalue weighted by molar-refractivity contribution is 5.94. The summed E-state index contributed by atoms with van der Waals surface area (Å²) in [4.78, 5) is 23.6. The minimum atomic E-state index is -0.772. The van der Waals surface area contributed by atoms with Gasteiger partial charge in [-0.1, -0.05) is 18.2 Å². The molecule has 3 aromatic rings. The number of nitro groups is 1. The van der Waals surface area contributed by atoms with Crippen LogP contribution >= 0.6 is 0 Å². The molecule has 2 heterocycles. The minimum absolute atomic E-state index is 0.0975. The van der Waals surface area contributed by atoms with Crippen LogP contribution in [0.25, 0.3) is 0 Å². The van der Waals surface area contributed by atoms with Gasteiger partial charge in [-0.25, -0.2) is 4.39 Å². The van der Waals surface area contributed by atoms with Crippen LogP contribution in [-0.2, 0) is 11.3 Å². The standard InChI is InChI=1S/C20H23FN6O3/c1-11-18(13(3)25(23-11)10-16-8-6-7-9-17(16)21)22-20(28)15(5)26-14(4)19(27(29)30)12(2)24-26/h6-9,15H,10H2,1-5H3,(H,22,28). The third-order valence-electron chi connectivity index (χ3n) is 5.12. The van der Waals surface area contributed by atoms with Gasteiger partial charge in [-0.2, -0.15) is 10.2 Å². The van der Waals surface area contributed by atoms with Gasteiger partial charge in [-0.15, -0.1) is 0 Å². The van der Waals surface area contributed by atoms with Crippen molar-refractivity contribution in [3.63, 3.8) is 0 Å². The van der Waals surface area contributed by atoms with Crippen LogP contribution in [-0.4, -0.2) is 30.4 Å². The molecule has 1 atom stereocenters. The summed E-state index contributed by atoms with van der Waals surface area (Å²) in [5.74, 6) is -0.706. The summed E-state index contributed by atoms with van der Waals surface area (Å²) in [5.41, 5.74) is 2.74. The van der Waals surface area contributed by atoms with E-state index < -0.39 is 11.0 Å². The highest BCUT2D eigenvalue weighted by Crippen LogP contribution is 2.26. The Morgan fingerprint density at radius 3 is 2.43 bits per heavy atom. The summed E-state index contributed by atoms with van der Waals surface area (Å²) >= 11 is 0. The molecule has 9 nitrogen and oxygen atoms in total. The summed E-state index contributed by atoms with van der Waals surface area (Å²) in [6, 6.07) is 5.67. The Kier molecular flexibility index (Phi) is 5.68. The number of benzene rings is 1. The van der Waals surface area contributed by atoms with Crippen LogP contribution in [0.4, 0.5) is 15.8 Å². The molecule has 30 heavy (non-hydrogen) atoms. The lowest BCUT2D eigenvalue weighted by atomic mass is 10.2. The maximum absolute atomic E-state index is 14.0. The van der Waals surface area contributed by atoms with E-state index in [-0.39, 0.29) is 29.7 Å². The Morgan fingerprint density at radius 1 is 1.17 bits per heavy atom. The zero-order valence-corrected chi connectivity index (χ0v) is 17.4. The third kappa shape index (κ3) is 3.80. The average Bonchev–Trinajstić information content (AvgIpc) is 3.12. The van der Waals surface area contributed by atoms with Gasteiger partial charge in [-0.3, -0.25) is 24.3 Å². The van der Waals surface area contributed by atoms with Gasteiger partial charge in [0.1, 0.15) is 23.2 Å². The lowest BCUT2D eigenvalue weighted by Crippen LogP contribution is -2.25. The number of halogens is 1. The van der Waals surface area contributed by atoms with E-state index in [2.05, 4.69) is 15.5 Å². The molecule has 0 radical (unpaired) electrons. The summed E-state index contributed by atoms with van der Waals surface area (Å²) in [6.45, 7) is 8.48. The molecule has 1 amide bonds. The summed E-state index contributed by atoms with van der Waals surface area (Å²) < 4.78 is 17.0. The van der Waals surface area contributed by atoms with Crippen LogP contribution in [0.1, 0.15) is 41.3 Å². The van der Waals surface area contributed by atoms with Crippen LogP contribution in [0.3, 0.4) is 0 Å². The normalized spacial score (nSPS) is 12.1. The van der Waals surface area contributed by atoms with Crippen molar-refractivity contribution in [1.29, 1.82) is 0 Å². The number of aryl methyl sites for hydroxylation is 2. The summed E-state index contributed by atoms with van der Waals surface area (Å²) in [7, 11) is 0. The fourth-order valence-electron chi connectivity index (χ4n) is 3.45. The number of carbonyl (C=O) groups excluding carboxylic acids is 1. The minimum Gasteiger partial charge on any atom is -0.321 e. The Bertz CT molecular complexity index is 1130. The van der Waals surface area contributed by atoms with Crippen LogP contribution in [0.2, 0.25) is 0 Å². The van der Waals surface area contributed by atoms with Crippen molar-refractivity contribution in [2.24, 2.45) is 0 Å². The van der Waals surface area contributed by atoms with Gasteiger partial charge < -0.3 is 5.32 Å². The van der Waals surface area contributed by atoms with Crippen LogP contribution < -0.4 is 5.32 Å². The molecule has 2 aromatic heterocycles. The maximum Gasteiger partial charge on any atom is 0.312 e. The van der Waals surface area contributed by atoms with E-state index in [1.54, 1.807) is 50.6 Å². The number of aromatic nitrogens is 4. The first-order valence-corrected chi connectivity index (χ1v) is 9.40. The first-order chi connectivity index (χ1) is 14.1. The predicted molar refractivity (Wildman–Crippen MR) is 109 cm³/mol.